The zero-order valence-corrected chi connectivity index (χ0v) is 15.9. The van der Waals surface area contributed by atoms with E-state index in [4.69, 9.17) is 4.74 Å². The Hall–Kier alpha value is -3.19. The second kappa shape index (κ2) is 8.22. The normalized spacial score (nSPS) is 18.9. The molecule has 1 fully saturated rings. The van der Waals surface area contributed by atoms with E-state index in [9.17, 15) is 14.4 Å². The summed E-state index contributed by atoms with van der Waals surface area (Å²) in [4.78, 5) is 38.3. The van der Waals surface area contributed by atoms with Gasteiger partial charge in [0, 0.05) is 13.7 Å². The van der Waals surface area contributed by atoms with Gasteiger partial charge in [-0.1, -0.05) is 54.6 Å². The molecule has 0 spiro atoms. The van der Waals surface area contributed by atoms with Gasteiger partial charge >= 0.3 is 6.03 Å². The molecule has 2 aromatic rings. The number of nitrogens with one attached hydrogen (secondary N) is 2. The fourth-order valence-electron chi connectivity index (χ4n) is 3.13. The standard InChI is InChI=1S/C21H23N3O4/c1-21(17-6-4-3-5-7-17)19(26)24(20(27)23-21)13-18(25)22-12-15-8-10-16(11-9-15)14-28-2/h3-11H,12-14H2,1-2H3,(H,22,25)(H,23,27). The molecule has 146 valence electrons. The number of imide groups is 1. The van der Waals surface area contributed by atoms with Crippen molar-refractivity contribution in [3.8, 4) is 0 Å². The van der Waals surface area contributed by atoms with E-state index in [2.05, 4.69) is 10.6 Å². The van der Waals surface area contributed by atoms with Crippen LogP contribution in [0, 0.1) is 0 Å². The molecule has 1 heterocycles. The van der Waals surface area contributed by atoms with Crippen LogP contribution in [0.5, 0.6) is 0 Å². The molecule has 3 rings (SSSR count). The summed E-state index contributed by atoms with van der Waals surface area (Å²) in [5.74, 6) is -0.843. The van der Waals surface area contributed by atoms with Crippen molar-refractivity contribution in [2.75, 3.05) is 13.7 Å². The van der Waals surface area contributed by atoms with Gasteiger partial charge in [0.15, 0.2) is 0 Å². The maximum atomic E-state index is 12.8. The second-order valence-electron chi connectivity index (χ2n) is 6.84. The molecular formula is C21H23N3O4. The van der Waals surface area contributed by atoms with Crippen molar-refractivity contribution in [3.05, 3.63) is 71.3 Å². The molecule has 4 amide bonds. The number of hydrogen-bond donors (Lipinski definition) is 2. The van der Waals surface area contributed by atoms with Crippen LogP contribution in [-0.4, -0.2) is 36.4 Å². The highest BCUT2D eigenvalue weighted by atomic mass is 16.5. The van der Waals surface area contributed by atoms with Gasteiger partial charge in [-0.2, -0.15) is 0 Å². The highest BCUT2D eigenvalue weighted by molar-refractivity contribution is 6.09. The molecule has 0 bridgehead atoms. The average Bonchev–Trinajstić information content (AvgIpc) is 2.92. The van der Waals surface area contributed by atoms with Gasteiger partial charge in [-0.15, -0.1) is 0 Å². The summed E-state index contributed by atoms with van der Waals surface area (Å²) in [6, 6.07) is 16.0. The Kier molecular flexibility index (Phi) is 5.75. The molecule has 2 N–H and O–H groups in total. The van der Waals surface area contributed by atoms with Crippen LogP contribution in [0.25, 0.3) is 0 Å². The number of hydrogen-bond acceptors (Lipinski definition) is 4. The first-order valence-corrected chi connectivity index (χ1v) is 8.97. The molecule has 7 nitrogen and oxygen atoms in total. The van der Waals surface area contributed by atoms with Crippen LogP contribution in [0.3, 0.4) is 0 Å². The monoisotopic (exact) mass is 381 g/mol. The lowest BCUT2D eigenvalue weighted by Gasteiger charge is -2.22. The van der Waals surface area contributed by atoms with Crippen LogP contribution in [-0.2, 0) is 33.0 Å². The van der Waals surface area contributed by atoms with Crippen LogP contribution in [0.2, 0.25) is 0 Å². The van der Waals surface area contributed by atoms with E-state index in [1.54, 1.807) is 38.3 Å². The SMILES string of the molecule is COCc1ccc(CNC(=O)CN2C(=O)NC(C)(c3ccccc3)C2=O)cc1. The molecule has 1 aliphatic rings. The summed E-state index contributed by atoms with van der Waals surface area (Å²) in [7, 11) is 1.63. The lowest BCUT2D eigenvalue weighted by molar-refractivity contribution is -0.134. The fourth-order valence-corrected chi connectivity index (χ4v) is 3.13. The highest BCUT2D eigenvalue weighted by Gasteiger charge is 2.49. The van der Waals surface area contributed by atoms with Crippen LogP contribution in [0.1, 0.15) is 23.6 Å². The number of methoxy groups -OCH3 is 1. The number of urea groups is 1. The third-order valence-corrected chi connectivity index (χ3v) is 4.75. The van der Waals surface area contributed by atoms with Crippen molar-refractivity contribution >= 4 is 17.8 Å². The van der Waals surface area contributed by atoms with Crippen molar-refractivity contribution in [3.63, 3.8) is 0 Å². The molecule has 28 heavy (non-hydrogen) atoms. The van der Waals surface area contributed by atoms with Crippen LogP contribution in [0.4, 0.5) is 4.79 Å². The predicted molar refractivity (Wildman–Crippen MR) is 103 cm³/mol. The van der Waals surface area contributed by atoms with E-state index in [1.165, 1.54) is 0 Å². The minimum Gasteiger partial charge on any atom is -0.380 e. The van der Waals surface area contributed by atoms with E-state index in [-0.39, 0.29) is 6.54 Å². The van der Waals surface area contributed by atoms with Gasteiger partial charge in [-0.3, -0.25) is 14.5 Å². The number of nitrogens with zero attached hydrogens (tertiary/aromatic N) is 1. The number of benzene rings is 2. The molecule has 1 unspecified atom stereocenters. The zero-order chi connectivity index (χ0) is 20.1. The Bertz CT molecular complexity index is 867. The van der Waals surface area contributed by atoms with Gasteiger partial charge < -0.3 is 15.4 Å². The molecule has 1 saturated heterocycles. The van der Waals surface area contributed by atoms with Gasteiger partial charge in [-0.25, -0.2) is 4.79 Å². The van der Waals surface area contributed by atoms with Crippen LogP contribution in [0.15, 0.2) is 54.6 Å². The molecule has 0 aliphatic carbocycles. The molecule has 0 aromatic heterocycles. The number of carbonyl (C=O) groups excluding carboxylic acids is 3. The molecule has 1 atom stereocenters. The molecule has 2 aromatic carbocycles. The maximum absolute atomic E-state index is 12.8. The summed E-state index contributed by atoms with van der Waals surface area (Å²) in [6.07, 6.45) is 0. The van der Waals surface area contributed by atoms with Crippen molar-refractivity contribution < 1.29 is 19.1 Å². The van der Waals surface area contributed by atoms with Crippen molar-refractivity contribution in [2.45, 2.75) is 25.6 Å². The molecule has 0 radical (unpaired) electrons. The Labute approximate surface area is 163 Å². The van der Waals surface area contributed by atoms with Gasteiger partial charge in [0.05, 0.1) is 6.61 Å². The molecule has 0 saturated carbocycles. The third-order valence-electron chi connectivity index (χ3n) is 4.75. The summed E-state index contributed by atoms with van der Waals surface area (Å²) >= 11 is 0. The smallest absolute Gasteiger partial charge is 0.325 e. The molecule has 7 heteroatoms. The lowest BCUT2D eigenvalue weighted by atomic mass is 9.92. The van der Waals surface area contributed by atoms with Gasteiger partial charge in [0.2, 0.25) is 5.91 Å². The van der Waals surface area contributed by atoms with E-state index in [0.29, 0.717) is 18.7 Å². The summed E-state index contributed by atoms with van der Waals surface area (Å²) in [6.45, 7) is 2.15. The van der Waals surface area contributed by atoms with E-state index in [0.717, 1.165) is 16.0 Å². The summed E-state index contributed by atoms with van der Waals surface area (Å²) < 4.78 is 5.06. The first-order chi connectivity index (χ1) is 13.4. The van der Waals surface area contributed by atoms with Gasteiger partial charge in [0.1, 0.15) is 12.1 Å². The topological polar surface area (TPSA) is 87.7 Å². The summed E-state index contributed by atoms with van der Waals surface area (Å²) in [5, 5.41) is 5.43. The van der Waals surface area contributed by atoms with Crippen molar-refractivity contribution in [1.82, 2.24) is 15.5 Å². The lowest BCUT2D eigenvalue weighted by Crippen LogP contribution is -2.43. The number of carbonyl (C=O) groups is 3. The number of amides is 4. The highest BCUT2D eigenvalue weighted by Crippen LogP contribution is 2.28. The average molecular weight is 381 g/mol. The predicted octanol–water partition coefficient (Wildman–Crippen LogP) is 1.92. The maximum Gasteiger partial charge on any atom is 0.325 e. The Morgan fingerprint density at radius 2 is 1.71 bits per heavy atom. The second-order valence-corrected chi connectivity index (χ2v) is 6.84. The van der Waals surface area contributed by atoms with E-state index in [1.807, 2.05) is 30.3 Å². The third kappa shape index (κ3) is 4.04. The van der Waals surface area contributed by atoms with Crippen molar-refractivity contribution in [1.29, 1.82) is 0 Å². The minimum absolute atomic E-state index is 0.311. The minimum atomic E-state index is -1.17. The fraction of sp³-hybridized carbons (Fsp3) is 0.286. The van der Waals surface area contributed by atoms with Crippen LogP contribution < -0.4 is 10.6 Å². The summed E-state index contributed by atoms with van der Waals surface area (Å²) in [5.41, 5.74) is 1.46. The number of ether oxygens (including phenoxy) is 1. The zero-order valence-electron chi connectivity index (χ0n) is 15.9. The largest absolute Gasteiger partial charge is 0.380 e. The molecular weight excluding hydrogens is 358 g/mol. The van der Waals surface area contributed by atoms with Gasteiger partial charge in [0.25, 0.3) is 5.91 Å². The molecule has 1 aliphatic heterocycles. The van der Waals surface area contributed by atoms with E-state index < -0.39 is 23.4 Å². The van der Waals surface area contributed by atoms with Crippen LogP contribution >= 0.6 is 0 Å². The Balaban J connectivity index is 1.59. The van der Waals surface area contributed by atoms with E-state index >= 15 is 0 Å². The first kappa shape index (κ1) is 19.6. The Morgan fingerprint density at radius 3 is 2.36 bits per heavy atom. The van der Waals surface area contributed by atoms with Gasteiger partial charge in [-0.05, 0) is 23.6 Å². The number of rotatable bonds is 7. The van der Waals surface area contributed by atoms with Crippen molar-refractivity contribution in [2.24, 2.45) is 0 Å². The quantitative estimate of drug-likeness (QED) is 0.718. The first-order valence-electron chi connectivity index (χ1n) is 8.97. The Morgan fingerprint density at radius 1 is 1.07 bits per heavy atom.